The average Bonchev–Trinajstić information content (AvgIpc) is 2.79. The fraction of sp³-hybridized carbons (Fsp3) is 0.261. The van der Waals surface area contributed by atoms with Crippen molar-refractivity contribution in [2.24, 2.45) is 0 Å². The molecule has 1 aliphatic heterocycles. The quantitative estimate of drug-likeness (QED) is 0.420. The Balaban J connectivity index is 0.00000153. The zero-order valence-electron chi connectivity index (χ0n) is 17.8. The third kappa shape index (κ3) is 4.22. The maximum Gasteiger partial charge on any atom is 0.336 e. The summed E-state index contributed by atoms with van der Waals surface area (Å²) in [6, 6.07) is 12.3. The second-order valence-electron chi connectivity index (χ2n) is 7.63. The van der Waals surface area contributed by atoms with Crippen molar-refractivity contribution in [3.05, 3.63) is 74.5 Å². The van der Waals surface area contributed by atoms with Crippen LogP contribution >= 0.6 is 36.4 Å². The van der Waals surface area contributed by atoms with Crippen molar-refractivity contribution in [2.75, 3.05) is 20.2 Å². The van der Waals surface area contributed by atoms with E-state index in [2.05, 4.69) is 10.3 Å². The first kappa shape index (κ1) is 25.1. The number of piperidine rings is 1. The molecule has 0 bridgehead atoms. The van der Waals surface area contributed by atoms with Crippen LogP contribution in [-0.4, -0.2) is 34.3 Å². The smallest absolute Gasteiger partial charge is 0.336 e. The van der Waals surface area contributed by atoms with Gasteiger partial charge in [0.25, 0.3) is 5.56 Å². The molecule has 0 unspecified atom stereocenters. The highest BCUT2D eigenvalue weighted by Crippen LogP contribution is 2.31. The van der Waals surface area contributed by atoms with Crippen LogP contribution in [0, 0.1) is 0 Å². The number of halogens is 3. The minimum absolute atomic E-state index is 0. The minimum Gasteiger partial charge on any atom is -0.494 e. The molecule has 3 heterocycles. The molecule has 0 radical (unpaired) electrons. The lowest BCUT2D eigenvalue weighted by Crippen LogP contribution is -2.43. The third-order valence-electron chi connectivity index (χ3n) is 5.86. The predicted molar refractivity (Wildman–Crippen MR) is 136 cm³/mol. The summed E-state index contributed by atoms with van der Waals surface area (Å²) in [5.74, 6) is 0.600. The lowest BCUT2D eigenvalue weighted by Gasteiger charge is -2.27. The molecule has 1 N–H and O–H groups in total. The first-order valence-corrected chi connectivity index (χ1v) is 10.6. The van der Waals surface area contributed by atoms with E-state index in [0.717, 1.165) is 31.3 Å². The zero-order chi connectivity index (χ0) is 21.5. The third-order valence-corrected chi connectivity index (χ3v) is 6.10. The number of aromatic nitrogens is 3. The molecular formula is C23H23Cl3N4O3. The summed E-state index contributed by atoms with van der Waals surface area (Å²) >= 11 is 6.16. The summed E-state index contributed by atoms with van der Waals surface area (Å²) in [6.45, 7) is 1.61. The van der Waals surface area contributed by atoms with Gasteiger partial charge in [0, 0.05) is 22.6 Å². The molecule has 4 aromatic rings. The highest BCUT2D eigenvalue weighted by atomic mass is 35.5. The number of methoxy groups -OCH3 is 1. The lowest BCUT2D eigenvalue weighted by atomic mass is 10.0. The van der Waals surface area contributed by atoms with Crippen LogP contribution in [0.1, 0.15) is 18.9 Å². The Morgan fingerprint density at radius 2 is 1.79 bits per heavy atom. The van der Waals surface area contributed by atoms with Crippen molar-refractivity contribution in [3.8, 4) is 11.4 Å². The molecule has 2 aromatic carbocycles. The molecule has 10 heteroatoms. The van der Waals surface area contributed by atoms with Gasteiger partial charge < -0.3 is 10.1 Å². The van der Waals surface area contributed by atoms with Gasteiger partial charge in [-0.25, -0.2) is 9.36 Å². The number of nitrogens with one attached hydrogen (secondary N) is 1. The van der Waals surface area contributed by atoms with E-state index >= 15 is 0 Å². The summed E-state index contributed by atoms with van der Waals surface area (Å²) in [6.07, 6.45) is 3.12. The molecule has 5 rings (SSSR count). The largest absolute Gasteiger partial charge is 0.494 e. The standard InChI is InChI=1S/C23H21ClN4O3.2ClH/c1-31-19-7-3-6-17-20(19)26-13-18-21(17)27(15-8-10-25-11-9-15)23(30)28(22(18)29)16-5-2-4-14(24)12-16;;/h2-7,12-13,15,25H,8-11H2,1H3;2*1H. The number of hydrogen-bond acceptors (Lipinski definition) is 5. The summed E-state index contributed by atoms with van der Waals surface area (Å²) in [5, 5.41) is 4.91. The minimum atomic E-state index is -0.412. The Morgan fingerprint density at radius 3 is 2.48 bits per heavy atom. The van der Waals surface area contributed by atoms with Gasteiger partial charge in [0.05, 0.1) is 23.7 Å². The topological polar surface area (TPSA) is 78.2 Å². The maximum absolute atomic E-state index is 13.8. The van der Waals surface area contributed by atoms with Crippen molar-refractivity contribution in [1.29, 1.82) is 0 Å². The van der Waals surface area contributed by atoms with Gasteiger partial charge in [-0.15, -0.1) is 24.8 Å². The zero-order valence-corrected chi connectivity index (χ0v) is 20.2. The van der Waals surface area contributed by atoms with E-state index < -0.39 is 5.56 Å². The van der Waals surface area contributed by atoms with Gasteiger partial charge in [-0.1, -0.05) is 29.8 Å². The number of pyridine rings is 1. The Labute approximate surface area is 207 Å². The van der Waals surface area contributed by atoms with Gasteiger partial charge in [-0.2, -0.15) is 0 Å². The molecule has 0 amide bonds. The molecule has 0 saturated carbocycles. The Kier molecular flexibility index (Phi) is 7.69. The molecule has 7 nitrogen and oxygen atoms in total. The Hall–Kier alpha value is -2.58. The second kappa shape index (κ2) is 10.1. The van der Waals surface area contributed by atoms with Crippen LogP contribution < -0.4 is 21.3 Å². The SMILES string of the molecule is COc1cccc2c1ncc1c(=O)n(-c3cccc(Cl)c3)c(=O)n(C3CCNCC3)c12.Cl.Cl. The number of nitrogens with zero attached hydrogens (tertiary/aromatic N) is 3. The molecule has 2 aromatic heterocycles. The number of benzene rings is 2. The highest BCUT2D eigenvalue weighted by molar-refractivity contribution is 6.30. The van der Waals surface area contributed by atoms with Crippen LogP contribution in [0.15, 0.2) is 58.3 Å². The van der Waals surface area contributed by atoms with Gasteiger partial charge in [-0.05, 0) is 50.2 Å². The van der Waals surface area contributed by atoms with Gasteiger partial charge >= 0.3 is 5.69 Å². The Morgan fingerprint density at radius 1 is 1.06 bits per heavy atom. The van der Waals surface area contributed by atoms with Gasteiger partial charge in [0.1, 0.15) is 11.3 Å². The van der Waals surface area contributed by atoms with Crippen molar-refractivity contribution in [1.82, 2.24) is 19.4 Å². The molecule has 174 valence electrons. The monoisotopic (exact) mass is 508 g/mol. The summed E-state index contributed by atoms with van der Waals surface area (Å²) in [7, 11) is 1.58. The van der Waals surface area contributed by atoms with Crippen molar-refractivity contribution >= 4 is 58.2 Å². The van der Waals surface area contributed by atoms with E-state index in [-0.39, 0.29) is 36.5 Å². The molecule has 0 atom stereocenters. The van der Waals surface area contributed by atoms with Gasteiger partial charge in [-0.3, -0.25) is 14.3 Å². The van der Waals surface area contributed by atoms with Crippen LogP contribution in [0.4, 0.5) is 0 Å². The fourth-order valence-electron chi connectivity index (χ4n) is 4.42. The van der Waals surface area contributed by atoms with Crippen LogP contribution in [0.2, 0.25) is 5.02 Å². The van der Waals surface area contributed by atoms with E-state index in [1.165, 1.54) is 4.57 Å². The average molecular weight is 510 g/mol. The van der Waals surface area contributed by atoms with E-state index in [1.807, 2.05) is 18.2 Å². The van der Waals surface area contributed by atoms with E-state index in [4.69, 9.17) is 16.3 Å². The predicted octanol–water partition coefficient (Wildman–Crippen LogP) is 4.13. The lowest BCUT2D eigenvalue weighted by molar-refractivity contribution is 0.363. The second-order valence-corrected chi connectivity index (χ2v) is 8.07. The van der Waals surface area contributed by atoms with E-state index in [1.54, 1.807) is 42.1 Å². The molecule has 33 heavy (non-hydrogen) atoms. The molecule has 1 saturated heterocycles. The molecular weight excluding hydrogens is 487 g/mol. The fourth-order valence-corrected chi connectivity index (χ4v) is 4.60. The normalized spacial score (nSPS) is 14.0. The van der Waals surface area contributed by atoms with Crippen LogP contribution in [-0.2, 0) is 0 Å². The first-order valence-electron chi connectivity index (χ1n) is 10.2. The molecule has 1 fully saturated rings. The number of ether oxygens (including phenoxy) is 1. The van der Waals surface area contributed by atoms with E-state index in [0.29, 0.717) is 32.9 Å². The maximum atomic E-state index is 13.8. The van der Waals surface area contributed by atoms with Gasteiger partial charge in [0.2, 0.25) is 0 Å². The Bertz CT molecular complexity index is 1430. The number of hydrogen-bond donors (Lipinski definition) is 1. The van der Waals surface area contributed by atoms with Crippen molar-refractivity contribution in [2.45, 2.75) is 18.9 Å². The summed E-state index contributed by atoms with van der Waals surface area (Å²) < 4.78 is 8.43. The molecule has 1 aliphatic rings. The van der Waals surface area contributed by atoms with Gasteiger partial charge in [0.15, 0.2) is 0 Å². The summed E-state index contributed by atoms with van der Waals surface area (Å²) in [4.78, 5) is 31.9. The van der Waals surface area contributed by atoms with E-state index in [9.17, 15) is 9.59 Å². The first-order chi connectivity index (χ1) is 15.1. The summed E-state index contributed by atoms with van der Waals surface area (Å²) in [5.41, 5.74) is 0.882. The van der Waals surface area contributed by atoms with Crippen molar-refractivity contribution in [3.63, 3.8) is 0 Å². The number of rotatable bonds is 3. The molecule has 0 spiro atoms. The molecule has 0 aliphatic carbocycles. The number of para-hydroxylation sites is 1. The van der Waals surface area contributed by atoms with Crippen LogP contribution in [0.5, 0.6) is 5.75 Å². The van der Waals surface area contributed by atoms with Crippen LogP contribution in [0.25, 0.3) is 27.5 Å². The van der Waals surface area contributed by atoms with Crippen molar-refractivity contribution < 1.29 is 4.74 Å². The highest BCUT2D eigenvalue weighted by Gasteiger charge is 2.24. The number of fused-ring (bicyclic) bond motifs is 3. The van der Waals surface area contributed by atoms with Crippen LogP contribution in [0.3, 0.4) is 0 Å².